The second-order valence-electron chi connectivity index (χ2n) is 14.6. The van der Waals surface area contributed by atoms with Crippen molar-refractivity contribution in [3.05, 3.63) is 107 Å². The van der Waals surface area contributed by atoms with Gasteiger partial charge >= 0.3 is 6.09 Å². The summed E-state index contributed by atoms with van der Waals surface area (Å²) in [6.07, 6.45) is 3.25. The number of ether oxygens (including phenoxy) is 3. The lowest BCUT2D eigenvalue weighted by molar-refractivity contribution is -0.276. The molecule has 52 heavy (non-hydrogen) atoms. The quantitative estimate of drug-likeness (QED) is 0.248. The highest BCUT2D eigenvalue weighted by molar-refractivity contribution is 6.06. The van der Waals surface area contributed by atoms with Crippen molar-refractivity contribution in [2.75, 3.05) is 32.7 Å². The molecule has 4 heterocycles. The number of alkyl carbamates (subject to hydrolysis) is 1. The van der Waals surface area contributed by atoms with E-state index in [1.165, 1.54) is 43.7 Å². The summed E-state index contributed by atoms with van der Waals surface area (Å²) in [6.45, 7) is 7.76. The highest BCUT2D eigenvalue weighted by Crippen LogP contribution is 2.42. The number of nitrogens with one attached hydrogen (secondary N) is 1. The molecule has 3 aromatic rings. The second kappa shape index (κ2) is 16.7. The third-order valence-electron chi connectivity index (χ3n) is 11.0. The van der Waals surface area contributed by atoms with Crippen LogP contribution in [0.15, 0.2) is 78.9 Å². The maximum atomic E-state index is 13.2. The Balaban J connectivity index is 1.01. The minimum Gasteiger partial charge on any atom is -0.445 e. The van der Waals surface area contributed by atoms with Crippen molar-refractivity contribution in [1.29, 1.82) is 0 Å². The monoisotopic (exact) mass is 710 g/mol. The molecular weight excluding hydrogens is 660 g/mol. The van der Waals surface area contributed by atoms with E-state index in [1.54, 1.807) is 0 Å². The number of likely N-dealkylation sites (tertiary alicyclic amines) is 3. The van der Waals surface area contributed by atoms with Crippen LogP contribution in [0, 0.1) is 5.92 Å². The first kappa shape index (κ1) is 36.2. The molecule has 0 aliphatic carbocycles. The van der Waals surface area contributed by atoms with Crippen molar-refractivity contribution in [2.24, 2.45) is 5.92 Å². The zero-order chi connectivity index (χ0) is 36.0. The Kier molecular flexibility index (Phi) is 11.6. The summed E-state index contributed by atoms with van der Waals surface area (Å²) in [6, 6.07) is 24.4. The Labute approximate surface area is 305 Å². The fraction of sp³-hybridized carbons (Fsp3) is 0.488. The Morgan fingerprint density at radius 2 is 1.56 bits per heavy atom. The number of hydrogen-bond acceptors (Lipinski definition) is 9. The van der Waals surface area contributed by atoms with E-state index >= 15 is 0 Å². The van der Waals surface area contributed by atoms with E-state index in [9.17, 15) is 19.5 Å². The van der Waals surface area contributed by atoms with E-state index in [1.807, 2.05) is 78.9 Å². The van der Waals surface area contributed by atoms with Gasteiger partial charge in [-0.25, -0.2) is 4.79 Å². The number of aliphatic hydroxyl groups excluding tert-OH is 1. The van der Waals surface area contributed by atoms with Gasteiger partial charge in [-0.2, -0.15) is 0 Å². The van der Waals surface area contributed by atoms with Gasteiger partial charge in [0.1, 0.15) is 12.6 Å². The number of carbonyl (C=O) groups excluding carboxylic acids is 3. The van der Waals surface area contributed by atoms with Crippen LogP contribution in [0.3, 0.4) is 0 Å². The molecule has 0 spiro atoms. The number of imide groups is 1. The van der Waals surface area contributed by atoms with Crippen molar-refractivity contribution in [2.45, 2.75) is 89.4 Å². The van der Waals surface area contributed by atoms with Crippen LogP contribution < -0.4 is 5.32 Å². The predicted molar refractivity (Wildman–Crippen MR) is 193 cm³/mol. The Bertz CT molecular complexity index is 1660. The average Bonchev–Trinajstić information content (AvgIpc) is 3.91. The van der Waals surface area contributed by atoms with Gasteiger partial charge in [0.15, 0.2) is 6.29 Å². The van der Waals surface area contributed by atoms with Crippen molar-refractivity contribution in [1.82, 2.24) is 20.0 Å². The summed E-state index contributed by atoms with van der Waals surface area (Å²) in [5.74, 6) is -0.715. The molecule has 0 aromatic heterocycles. The van der Waals surface area contributed by atoms with Crippen molar-refractivity contribution >= 4 is 17.9 Å². The number of benzene rings is 3. The maximum Gasteiger partial charge on any atom is 0.408 e. The molecule has 6 unspecified atom stereocenters. The zero-order valence-electron chi connectivity index (χ0n) is 29.9. The normalized spacial score (nSPS) is 27.0. The van der Waals surface area contributed by atoms with Gasteiger partial charge in [0, 0.05) is 30.6 Å². The molecule has 0 bridgehead atoms. The average molecular weight is 711 g/mol. The van der Waals surface area contributed by atoms with Crippen LogP contribution in [-0.2, 0) is 43.6 Å². The molecule has 0 radical (unpaired) electrons. The smallest absolute Gasteiger partial charge is 0.408 e. The maximum absolute atomic E-state index is 13.2. The Morgan fingerprint density at radius 1 is 0.846 bits per heavy atom. The molecule has 3 amide bonds. The molecule has 11 nitrogen and oxygen atoms in total. The van der Waals surface area contributed by atoms with Gasteiger partial charge in [0.05, 0.1) is 31.8 Å². The lowest BCUT2D eigenvalue weighted by Crippen LogP contribution is -2.48. The highest BCUT2D eigenvalue weighted by atomic mass is 16.7. The summed E-state index contributed by atoms with van der Waals surface area (Å²) in [5.41, 5.74) is 4.36. The highest BCUT2D eigenvalue weighted by Gasteiger charge is 2.42. The van der Waals surface area contributed by atoms with Crippen LogP contribution in [-0.4, -0.2) is 88.6 Å². The number of rotatable bonds is 12. The summed E-state index contributed by atoms with van der Waals surface area (Å²) in [4.78, 5) is 44.8. The van der Waals surface area contributed by atoms with E-state index in [0.717, 1.165) is 47.5 Å². The predicted octanol–water partition coefficient (Wildman–Crippen LogP) is 5.08. The van der Waals surface area contributed by atoms with Crippen LogP contribution in [0.25, 0.3) is 0 Å². The first-order valence-corrected chi connectivity index (χ1v) is 18.7. The lowest BCUT2D eigenvalue weighted by atomic mass is 9.90. The molecule has 4 saturated heterocycles. The van der Waals surface area contributed by atoms with Crippen LogP contribution in [0.2, 0.25) is 0 Å². The molecule has 4 fully saturated rings. The molecule has 0 saturated carbocycles. The Morgan fingerprint density at radius 3 is 2.29 bits per heavy atom. The summed E-state index contributed by atoms with van der Waals surface area (Å²) >= 11 is 0. The van der Waals surface area contributed by atoms with Gasteiger partial charge in [0.25, 0.3) is 5.91 Å². The molecule has 3 aromatic carbocycles. The van der Waals surface area contributed by atoms with Gasteiger partial charge in [-0.05, 0) is 67.6 Å². The standard InChI is InChI=1S/C41H50N4O7/c1-28-36(25-44-21-7-10-34(44)24-43-19-5-6-20-43)51-40(52-38(28)32-15-13-30(26-46)14-16-32)33-17-11-29(12-18-33)23-45-37(47)22-35(39(45)48)42-41(49)50-27-31-8-3-2-4-9-31/h2-4,8-9,11-18,28,34-36,38,40,46H,5-7,10,19-27H2,1H3,(H,42,49). The molecule has 11 heteroatoms. The third kappa shape index (κ3) is 8.56. The van der Waals surface area contributed by atoms with Gasteiger partial charge in [-0.3, -0.25) is 19.4 Å². The van der Waals surface area contributed by atoms with Gasteiger partial charge in [0.2, 0.25) is 5.91 Å². The molecular formula is C41H50N4O7. The van der Waals surface area contributed by atoms with E-state index < -0.39 is 24.3 Å². The summed E-state index contributed by atoms with van der Waals surface area (Å²) in [5, 5.41) is 12.2. The second-order valence-corrected chi connectivity index (χ2v) is 14.6. The first-order valence-electron chi connectivity index (χ1n) is 18.7. The molecule has 2 N–H and O–H groups in total. The summed E-state index contributed by atoms with van der Waals surface area (Å²) < 4.78 is 18.7. The molecule has 7 rings (SSSR count). The topological polar surface area (TPSA) is 121 Å². The van der Waals surface area contributed by atoms with Gasteiger partial charge < -0.3 is 29.5 Å². The molecule has 6 atom stereocenters. The zero-order valence-corrected chi connectivity index (χ0v) is 29.9. The van der Waals surface area contributed by atoms with E-state index in [2.05, 4.69) is 22.0 Å². The third-order valence-corrected chi connectivity index (χ3v) is 11.0. The van der Waals surface area contributed by atoms with Crippen molar-refractivity contribution in [3.8, 4) is 0 Å². The van der Waals surface area contributed by atoms with Gasteiger partial charge in [-0.1, -0.05) is 85.8 Å². The minimum atomic E-state index is -0.966. The minimum absolute atomic E-state index is 0.0114. The van der Waals surface area contributed by atoms with E-state index in [-0.39, 0.29) is 50.2 Å². The first-order chi connectivity index (χ1) is 25.3. The fourth-order valence-corrected chi connectivity index (χ4v) is 8.00. The molecule has 4 aliphatic heterocycles. The number of carbonyl (C=O) groups is 3. The number of nitrogens with zero attached hydrogens (tertiary/aromatic N) is 3. The Hall–Kier alpha value is -4.13. The number of amides is 3. The van der Waals surface area contributed by atoms with E-state index in [0.29, 0.717) is 6.04 Å². The van der Waals surface area contributed by atoms with E-state index in [4.69, 9.17) is 14.2 Å². The number of hydrogen-bond donors (Lipinski definition) is 2. The van der Waals surface area contributed by atoms with Gasteiger partial charge in [-0.15, -0.1) is 0 Å². The lowest BCUT2D eigenvalue weighted by Gasteiger charge is -2.43. The largest absolute Gasteiger partial charge is 0.445 e. The van der Waals surface area contributed by atoms with Crippen molar-refractivity contribution in [3.63, 3.8) is 0 Å². The molecule has 276 valence electrons. The van der Waals surface area contributed by atoms with Crippen LogP contribution in [0.5, 0.6) is 0 Å². The molecule has 4 aliphatic rings. The van der Waals surface area contributed by atoms with Crippen molar-refractivity contribution < 1.29 is 33.7 Å². The fourth-order valence-electron chi connectivity index (χ4n) is 8.00. The SMILES string of the molecule is CC1C(CN2CCCC2CN2CCCC2)OC(c2ccc(CN3C(=O)CC(NC(=O)OCc4ccccc4)C3=O)cc2)OC1c1ccc(CO)cc1. The number of aliphatic hydroxyl groups is 1. The van der Waals surface area contributed by atoms with Crippen LogP contribution in [0.4, 0.5) is 4.79 Å². The van der Waals surface area contributed by atoms with Crippen LogP contribution in [0.1, 0.15) is 79.2 Å². The van der Waals surface area contributed by atoms with Crippen LogP contribution >= 0.6 is 0 Å². The summed E-state index contributed by atoms with van der Waals surface area (Å²) in [7, 11) is 0.